The number of hydrogen-bond acceptors (Lipinski definition) is 0. The van der Waals surface area contributed by atoms with E-state index in [0.29, 0.717) is 0 Å². The minimum atomic E-state index is -0.383. The van der Waals surface area contributed by atoms with Crippen LogP contribution in [0.15, 0.2) is 42.5 Å². The molecule has 2 aromatic rings. The molecule has 0 bridgehead atoms. The van der Waals surface area contributed by atoms with E-state index >= 15 is 0 Å². The standard InChI is InChI=1S/C12H7ClFI/c13-11-7-9(4-5-12(11)14)8-2-1-3-10(15)6-8/h1-7H. The average Bonchev–Trinajstić information content (AvgIpc) is 2.22. The Hall–Kier alpha value is -0.610. The third kappa shape index (κ3) is 2.49. The van der Waals surface area contributed by atoms with E-state index in [0.717, 1.165) is 14.7 Å². The van der Waals surface area contributed by atoms with Gasteiger partial charge in [0.05, 0.1) is 5.02 Å². The lowest BCUT2D eigenvalue weighted by Crippen LogP contribution is -1.81. The van der Waals surface area contributed by atoms with E-state index in [1.165, 1.54) is 6.07 Å². The van der Waals surface area contributed by atoms with Crippen molar-refractivity contribution in [3.63, 3.8) is 0 Å². The molecule has 0 aliphatic heterocycles. The van der Waals surface area contributed by atoms with Crippen molar-refractivity contribution < 1.29 is 4.39 Å². The van der Waals surface area contributed by atoms with Crippen molar-refractivity contribution >= 4 is 34.2 Å². The first kappa shape index (κ1) is 10.9. The summed E-state index contributed by atoms with van der Waals surface area (Å²) < 4.78 is 14.1. The third-order valence-corrected chi connectivity index (χ3v) is 3.04. The first-order valence-corrected chi connectivity index (χ1v) is 5.83. The topological polar surface area (TPSA) is 0 Å². The molecule has 0 fully saturated rings. The summed E-state index contributed by atoms with van der Waals surface area (Å²) in [5, 5.41) is 0.159. The monoisotopic (exact) mass is 332 g/mol. The van der Waals surface area contributed by atoms with Crippen molar-refractivity contribution in [2.45, 2.75) is 0 Å². The lowest BCUT2D eigenvalue weighted by atomic mass is 10.1. The first-order valence-electron chi connectivity index (χ1n) is 4.38. The van der Waals surface area contributed by atoms with Crippen LogP contribution in [0, 0.1) is 9.39 Å². The Bertz CT molecular complexity index is 497. The van der Waals surface area contributed by atoms with Crippen LogP contribution in [0.1, 0.15) is 0 Å². The molecule has 0 aliphatic rings. The zero-order valence-corrected chi connectivity index (χ0v) is 10.6. The highest BCUT2D eigenvalue weighted by molar-refractivity contribution is 14.1. The fraction of sp³-hybridized carbons (Fsp3) is 0. The van der Waals surface area contributed by atoms with Gasteiger partial charge in [-0.25, -0.2) is 4.39 Å². The van der Waals surface area contributed by atoms with E-state index in [9.17, 15) is 4.39 Å². The van der Waals surface area contributed by atoms with E-state index in [1.54, 1.807) is 12.1 Å². The van der Waals surface area contributed by atoms with Crippen LogP contribution in [0.4, 0.5) is 4.39 Å². The van der Waals surface area contributed by atoms with Gasteiger partial charge in [0.2, 0.25) is 0 Å². The van der Waals surface area contributed by atoms with Gasteiger partial charge >= 0.3 is 0 Å². The van der Waals surface area contributed by atoms with Crippen molar-refractivity contribution in [3.8, 4) is 11.1 Å². The Morgan fingerprint density at radius 3 is 2.40 bits per heavy atom. The van der Waals surface area contributed by atoms with Crippen molar-refractivity contribution in [2.75, 3.05) is 0 Å². The zero-order valence-electron chi connectivity index (χ0n) is 7.68. The van der Waals surface area contributed by atoms with Crippen LogP contribution in [0.2, 0.25) is 5.02 Å². The molecule has 0 unspecified atom stereocenters. The van der Waals surface area contributed by atoms with Crippen LogP contribution in [0.5, 0.6) is 0 Å². The molecule has 15 heavy (non-hydrogen) atoms. The van der Waals surface area contributed by atoms with E-state index in [2.05, 4.69) is 22.6 Å². The highest BCUT2D eigenvalue weighted by atomic mass is 127. The van der Waals surface area contributed by atoms with E-state index in [-0.39, 0.29) is 10.8 Å². The van der Waals surface area contributed by atoms with Gasteiger partial charge in [0, 0.05) is 3.57 Å². The Labute approximate surface area is 106 Å². The molecule has 0 atom stereocenters. The fourth-order valence-electron chi connectivity index (χ4n) is 1.34. The summed E-state index contributed by atoms with van der Waals surface area (Å²) in [4.78, 5) is 0. The van der Waals surface area contributed by atoms with Gasteiger partial charge < -0.3 is 0 Å². The zero-order chi connectivity index (χ0) is 10.8. The molecule has 2 rings (SSSR count). The number of benzene rings is 2. The van der Waals surface area contributed by atoms with Crippen LogP contribution in [-0.2, 0) is 0 Å². The van der Waals surface area contributed by atoms with E-state index in [4.69, 9.17) is 11.6 Å². The molecule has 0 N–H and O–H groups in total. The minimum absolute atomic E-state index is 0.159. The smallest absolute Gasteiger partial charge is 0.141 e. The van der Waals surface area contributed by atoms with Gasteiger partial charge in [0.25, 0.3) is 0 Å². The van der Waals surface area contributed by atoms with Gasteiger partial charge in [-0.2, -0.15) is 0 Å². The van der Waals surface area contributed by atoms with Crippen molar-refractivity contribution in [1.29, 1.82) is 0 Å². The lowest BCUT2D eigenvalue weighted by Gasteiger charge is -2.03. The summed E-state index contributed by atoms with van der Waals surface area (Å²) in [6, 6.07) is 12.7. The molecule has 0 amide bonds. The number of halogens is 3. The van der Waals surface area contributed by atoms with Crippen molar-refractivity contribution in [2.24, 2.45) is 0 Å². The SMILES string of the molecule is Fc1ccc(-c2cccc(I)c2)cc1Cl. The highest BCUT2D eigenvalue weighted by Crippen LogP contribution is 2.25. The quantitative estimate of drug-likeness (QED) is 0.661. The third-order valence-electron chi connectivity index (χ3n) is 2.08. The summed E-state index contributed by atoms with van der Waals surface area (Å²) >= 11 is 7.97. The summed E-state index contributed by atoms with van der Waals surface area (Å²) in [5.74, 6) is -0.383. The normalized spacial score (nSPS) is 10.3. The van der Waals surface area contributed by atoms with Gasteiger partial charge in [-0.05, 0) is 58.0 Å². The van der Waals surface area contributed by atoms with Gasteiger partial charge in [-0.15, -0.1) is 0 Å². The Morgan fingerprint density at radius 2 is 1.73 bits per heavy atom. The Kier molecular flexibility index (Phi) is 3.26. The molecule has 0 radical (unpaired) electrons. The van der Waals surface area contributed by atoms with Crippen LogP contribution < -0.4 is 0 Å². The second-order valence-corrected chi connectivity index (χ2v) is 4.79. The van der Waals surface area contributed by atoms with E-state index < -0.39 is 0 Å². The Morgan fingerprint density at radius 1 is 1.00 bits per heavy atom. The second-order valence-electron chi connectivity index (χ2n) is 3.14. The van der Waals surface area contributed by atoms with Gasteiger partial charge in [0.15, 0.2) is 0 Å². The van der Waals surface area contributed by atoms with Crippen LogP contribution >= 0.6 is 34.2 Å². The van der Waals surface area contributed by atoms with Crippen LogP contribution in [-0.4, -0.2) is 0 Å². The minimum Gasteiger partial charge on any atom is -0.205 e. The highest BCUT2D eigenvalue weighted by Gasteiger charge is 2.02. The van der Waals surface area contributed by atoms with E-state index in [1.807, 2.05) is 24.3 Å². The predicted molar refractivity (Wildman–Crippen MR) is 69.6 cm³/mol. The summed E-state index contributed by atoms with van der Waals surface area (Å²) in [5.41, 5.74) is 1.98. The maximum absolute atomic E-state index is 13.0. The number of hydrogen-bond donors (Lipinski definition) is 0. The van der Waals surface area contributed by atoms with Crippen molar-refractivity contribution in [3.05, 3.63) is 56.9 Å². The molecule has 0 saturated heterocycles. The second kappa shape index (κ2) is 4.49. The number of rotatable bonds is 1. The maximum Gasteiger partial charge on any atom is 0.141 e. The van der Waals surface area contributed by atoms with Gasteiger partial charge in [-0.3, -0.25) is 0 Å². The lowest BCUT2D eigenvalue weighted by molar-refractivity contribution is 0.628. The van der Waals surface area contributed by atoms with Gasteiger partial charge in [0.1, 0.15) is 5.82 Å². The molecule has 2 aromatic carbocycles. The molecule has 0 spiro atoms. The molecule has 0 aromatic heterocycles. The molecular formula is C12H7ClFI. The molecular weight excluding hydrogens is 325 g/mol. The first-order chi connectivity index (χ1) is 7.16. The molecule has 3 heteroatoms. The molecule has 76 valence electrons. The predicted octanol–water partition coefficient (Wildman–Crippen LogP) is 4.75. The molecule has 0 heterocycles. The van der Waals surface area contributed by atoms with Crippen molar-refractivity contribution in [1.82, 2.24) is 0 Å². The average molecular weight is 333 g/mol. The summed E-state index contributed by atoms with van der Waals surface area (Å²) in [6.45, 7) is 0. The summed E-state index contributed by atoms with van der Waals surface area (Å²) in [6.07, 6.45) is 0. The Balaban J connectivity index is 2.50. The maximum atomic E-state index is 13.0. The molecule has 0 nitrogen and oxygen atoms in total. The van der Waals surface area contributed by atoms with Crippen LogP contribution in [0.25, 0.3) is 11.1 Å². The largest absolute Gasteiger partial charge is 0.205 e. The fourth-order valence-corrected chi connectivity index (χ4v) is 2.07. The summed E-state index contributed by atoms with van der Waals surface area (Å²) in [7, 11) is 0. The van der Waals surface area contributed by atoms with Gasteiger partial charge in [-0.1, -0.05) is 29.8 Å². The van der Waals surface area contributed by atoms with Crippen LogP contribution in [0.3, 0.4) is 0 Å². The molecule has 0 aliphatic carbocycles. The molecule has 0 saturated carbocycles.